The van der Waals surface area contributed by atoms with Gasteiger partial charge in [0.15, 0.2) is 0 Å². The quantitative estimate of drug-likeness (QED) is 0.700. The van der Waals surface area contributed by atoms with Crippen molar-refractivity contribution in [2.45, 2.75) is 12.2 Å². The van der Waals surface area contributed by atoms with Crippen molar-refractivity contribution in [1.29, 1.82) is 0 Å². The van der Waals surface area contributed by atoms with E-state index in [9.17, 15) is 18.0 Å². The molecule has 1 unspecified atom stereocenters. The molecule has 0 spiro atoms. The molecule has 0 aliphatic rings. The van der Waals surface area contributed by atoms with Crippen LogP contribution in [0.2, 0.25) is 5.02 Å². The number of hydrogen-bond acceptors (Lipinski definition) is 3. The summed E-state index contributed by atoms with van der Waals surface area (Å²) in [5.41, 5.74) is 0.419. The molecule has 2 aromatic rings. The molecule has 3 nitrogen and oxygen atoms in total. The van der Waals surface area contributed by atoms with Gasteiger partial charge in [0, 0.05) is 12.6 Å². The average molecular weight is 403 g/mol. The predicted molar refractivity (Wildman–Crippen MR) is 99.2 cm³/mol. The van der Waals surface area contributed by atoms with Crippen LogP contribution in [0.3, 0.4) is 0 Å². The summed E-state index contributed by atoms with van der Waals surface area (Å²) in [5.74, 6) is -0.379. The van der Waals surface area contributed by atoms with E-state index in [1.807, 2.05) is 35.8 Å². The maximum atomic E-state index is 12.9. The van der Waals surface area contributed by atoms with Gasteiger partial charge in [0.1, 0.15) is 0 Å². The third-order valence-electron chi connectivity index (χ3n) is 3.74. The largest absolute Gasteiger partial charge is 0.417 e. The van der Waals surface area contributed by atoms with Crippen LogP contribution in [0.4, 0.5) is 13.2 Å². The Hall–Kier alpha value is -1.83. The van der Waals surface area contributed by atoms with Crippen LogP contribution in [0.5, 0.6) is 0 Å². The monoisotopic (exact) mass is 402 g/mol. The third-order valence-corrected chi connectivity index (χ3v) is 4.77. The van der Waals surface area contributed by atoms with Crippen LogP contribution in [0, 0.1) is 0 Å². The van der Waals surface area contributed by atoms with Crippen molar-refractivity contribution in [2.24, 2.45) is 0 Å². The van der Waals surface area contributed by atoms with Gasteiger partial charge in [0.05, 0.1) is 16.6 Å². The second-order valence-electron chi connectivity index (χ2n) is 5.85. The van der Waals surface area contributed by atoms with E-state index in [0.29, 0.717) is 6.54 Å². The van der Waals surface area contributed by atoms with Gasteiger partial charge < -0.3 is 10.2 Å². The maximum Gasteiger partial charge on any atom is 0.417 e. The van der Waals surface area contributed by atoms with Crippen LogP contribution in [0.1, 0.15) is 22.7 Å². The molecule has 0 bridgehead atoms. The van der Waals surface area contributed by atoms with E-state index in [1.165, 1.54) is 24.3 Å². The van der Waals surface area contributed by atoms with Crippen LogP contribution in [0.25, 0.3) is 6.08 Å². The van der Waals surface area contributed by atoms with Gasteiger partial charge in [-0.2, -0.15) is 24.5 Å². The Morgan fingerprint density at radius 3 is 2.65 bits per heavy atom. The molecule has 0 saturated heterocycles. The number of rotatable bonds is 6. The minimum absolute atomic E-state index is 0.0194. The van der Waals surface area contributed by atoms with Crippen molar-refractivity contribution in [2.75, 3.05) is 20.6 Å². The lowest BCUT2D eigenvalue weighted by Crippen LogP contribution is -2.33. The molecule has 0 fully saturated rings. The number of carbonyl (C=O) groups excluding carboxylic acids is 1. The highest BCUT2D eigenvalue weighted by molar-refractivity contribution is 7.07. The Labute approximate surface area is 159 Å². The van der Waals surface area contributed by atoms with Crippen molar-refractivity contribution in [3.63, 3.8) is 0 Å². The summed E-state index contributed by atoms with van der Waals surface area (Å²) in [6, 6.07) is 5.52. The van der Waals surface area contributed by atoms with Crippen LogP contribution >= 0.6 is 22.9 Å². The highest BCUT2D eigenvalue weighted by atomic mass is 35.5. The van der Waals surface area contributed by atoms with E-state index in [2.05, 4.69) is 5.32 Å². The molecule has 0 saturated carbocycles. The summed E-state index contributed by atoms with van der Waals surface area (Å²) in [6.07, 6.45) is -2.00. The fourth-order valence-corrected chi connectivity index (χ4v) is 3.29. The first kappa shape index (κ1) is 20.5. The van der Waals surface area contributed by atoms with Gasteiger partial charge in [-0.1, -0.05) is 17.7 Å². The molecule has 140 valence electrons. The molecule has 1 heterocycles. The molecule has 0 aliphatic heterocycles. The van der Waals surface area contributed by atoms with Crippen LogP contribution in [-0.2, 0) is 11.0 Å². The molecule has 8 heteroatoms. The van der Waals surface area contributed by atoms with Crippen LogP contribution in [0.15, 0.2) is 41.1 Å². The smallest absolute Gasteiger partial charge is 0.351 e. The topological polar surface area (TPSA) is 32.3 Å². The van der Waals surface area contributed by atoms with E-state index < -0.39 is 11.7 Å². The number of hydrogen-bond donors (Lipinski definition) is 1. The second kappa shape index (κ2) is 8.70. The molecule has 0 aliphatic carbocycles. The summed E-state index contributed by atoms with van der Waals surface area (Å²) in [7, 11) is 3.83. The standard InChI is InChI=1S/C18H18ClF3N2OS/c1-24(2)16(13-7-8-26-11-13)10-23-17(25)6-4-12-3-5-15(19)14(9-12)18(20,21)22/h3-9,11,16H,10H2,1-2H3,(H,23,25)/b6-4+. The van der Waals surface area contributed by atoms with Crippen molar-refractivity contribution >= 4 is 34.9 Å². The van der Waals surface area contributed by atoms with Crippen molar-refractivity contribution in [3.8, 4) is 0 Å². The molecule has 1 amide bonds. The van der Waals surface area contributed by atoms with Gasteiger partial charge in [-0.25, -0.2) is 0 Å². The Bertz CT molecular complexity index is 773. The highest BCUT2D eigenvalue weighted by Gasteiger charge is 2.33. The Kier molecular flexibility index (Phi) is 6.86. The lowest BCUT2D eigenvalue weighted by Gasteiger charge is -2.23. The second-order valence-corrected chi connectivity index (χ2v) is 7.04. The molecule has 2 rings (SSSR count). The van der Waals surface area contributed by atoms with Crippen molar-refractivity contribution < 1.29 is 18.0 Å². The minimum Gasteiger partial charge on any atom is -0.351 e. The average Bonchev–Trinajstić information content (AvgIpc) is 3.07. The van der Waals surface area contributed by atoms with E-state index in [0.717, 1.165) is 11.6 Å². The molecule has 1 atom stereocenters. The lowest BCUT2D eigenvalue weighted by atomic mass is 10.1. The van der Waals surface area contributed by atoms with E-state index in [1.54, 1.807) is 11.3 Å². The van der Waals surface area contributed by atoms with Crippen molar-refractivity contribution in [3.05, 3.63) is 62.8 Å². The normalized spacial score (nSPS) is 13.3. The summed E-state index contributed by atoms with van der Waals surface area (Å²) in [5, 5.41) is 6.37. The zero-order valence-corrected chi connectivity index (χ0v) is 15.8. The first-order valence-corrected chi connectivity index (χ1v) is 9.01. The summed E-state index contributed by atoms with van der Waals surface area (Å²) < 4.78 is 38.6. The molecule has 26 heavy (non-hydrogen) atoms. The lowest BCUT2D eigenvalue weighted by molar-refractivity contribution is -0.137. The molecular weight excluding hydrogens is 385 g/mol. The fourth-order valence-electron chi connectivity index (χ4n) is 2.36. The molecule has 0 radical (unpaired) electrons. The third kappa shape index (κ3) is 5.59. The highest BCUT2D eigenvalue weighted by Crippen LogP contribution is 2.35. The first-order valence-electron chi connectivity index (χ1n) is 7.69. The molecular formula is C18H18ClF3N2OS. The molecule has 1 N–H and O–H groups in total. The zero-order valence-electron chi connectivity index (χ0n) is 14.2. The Balaban J connectivity index is 2.01. The van der Waals surface area contributed by atoms with Gasteiger partial charge in [-0.15, -0.1) is 0 Å². The van der Waals surface area contributed by atoms with Gasteiger partial charge >= 0.3 is 6.18 Å². The number of carbonyl (C=O) groups is 1. The van der Waals surface area contributed by atoms with E-state index in [-0.39, 0.29) is 22.5 Å². The number of alkyl halides is 3. The van der Waals surface area contributed by atoms with Crippen LogP contribution < -0.4 is 5.32 Å². The maximum absolute atomic E-state index is 12.9. The fraction of sp³-hybridized carbons (Fsp3) is 0.278. The van der Waals surface area contributed by atoms with Gasteiger partial charge in [-0.3, -0.25) is 4.79 Å². The number of nitrogens with one attached hydrogen (secondary N) is 1. The Morgan fingerprint density at radius 2 is 2.08 bits per heavy atom. The SMILES string of the molecule is CN(C)C(CNC(=O)/C=C/c1ccc(Cl)c(C(F)(F)F)c1)c1ccsc1. The molecule has 1 aromatic carbocycles. The minimum atomic E-state index is -4.54. The summed E-state index contributed by atoms with van der Waals surface area (Å²) in [4.78, 5) is 14.0. The number of amides is 1. The van der Waals surface area contributed by atoms with Crippen LogP contribution in [-0.4, -0.2) is 31.4 Å². The Morgan fingerprint density at radius 1 is 1.35 bits per heavy atom. The predicted octanol–water partition coefficient (Wildman–Crippen LogP) is 4.85. The van der Waals surface area contributed by atoms with Gasteiger partial charge in [-0.05, 0) is 60.3 Å². The number of benzene rings is 1. The number of likely N-dealkylation sites (N-methyl/N-ethyl adjacent to an activating group) is 1. The van der Waals surface area contributed by atoms with Gasteiger partial charge in [0.25, 0.3) is 0 Å². The number of nitrogens with zero attached hydrogens (tertiary/aromatic N) is 1. The summed E-state index contributed by atoms with van der Waals surface area (Å²) >= 11 is 7.15. The zero-order chi connectivity index (χ0) is 19.3. The number of halogens is 4. The van der Waals surface area contributed by atoms with E-state index in [4.69, 9.17) is 11.6 Å². The van der Waals surface area contributed by atoms with E-state index >= 15 is 0 Å². The summed E-state index contributed by atoms with van der Waals surface area (Å²) in [6.45, 7) is 0.390. The molecule has 1 aromatic heterocycles. The van der Waals surface area contributed by atoms with Gasteiger partial charge in [0.2, 0.25) is 5.91 Å². The number of thiophene rings is 1. The van der Waals surface area contributed by atoms with Crippen molar-refractivity contribution in [1.82, 2.24) is 10.2 Å². The first-order chi connectivity index (χ1) is 12.2.